The number of aromatic nitrogens is 3. The van der Waals surface area contributed by atoms with Gasteiger partial charge in [0.25, 0.3) is 0 Å². The molecular weight excluding hydrogens is 340 g/mol. The third kappa shape index (κ3) is 3.79. The van der Waals surface area contributed by atoms with Gasteiger partial charge in [0.2, 0.25) is 5.91 Å². The Morgan fingerprint density at radius 3 is 2.78 bits per heavy atom. The number of nitrogens with one attached hydrogen (secondary N) is 1. The number of hydrogen-bond donors (Lipinski definition) is 2. The summed E-state index contributed by atoms with van der Waals surface area (Å²) in [6.07, 6.45) is 11.6. The predicted octanol–water partition coefficient (Wildman–Crippen LogP) is 4.29. The second kappa shape index (κ2) is 7.78. The molecule has 1 aliphatic carbocycles. The number of nitrogens with zero attached hydrogens (tertiary/aromatic N) is 3. The number of benzene rings is 1. The van der Waals surface area contributed by atoms with Crippen LogP contribution in [-0.4, -0.2) is 25.5 Å². The molecule has 3 aromatic rings. The lowest BCUT2D eigenvalue weighted by Gasteiger charge is -2.27. The standard InChI is InChI=1S/C21H24N4O2/c26-20(24-19-10-11-22-14-23-19)18(12-15-6-2-1-3-7-15)25-13-16-8-4-5-9-17(16)21(25)27/h4-5,8-11,13-15,18,27H,1-3,6-7,12H2,(H,22,23,24,26)/t18-/m0/s1. The minimum absolute atomic E-state index is 0.143. The zero-order chi connectivity index (χ0) is 18.6. The van der Waals surface area contributed by atoms with Crippen molar-refractivity contribution in [2.24, 2.45) is 5.92 Å². The van der Waals surface area contributed by atoms with Gasteiger partial charge in [0, 0.05) is 23.2 Å². The summed E-state index contributed by atoms with van der Waals surface area (Å²) in [6, 6.07) is 8.84. The summed E-state index contributed by atoms with van der Waals surface area (Å²) in [5.41, 5.74) is 0. The Labute approximate surface area is 158 Å². The van der Waals surface area contributed by atoms with Crippen LogP contribution in [0.3, 0.4) is 0 Å². The summed E-state index contributed by atoms with van der Waals surface area (Å²) in [5, 5.41) is 15.3. The molecule has 6 nitrogen and oxygen atoms in total. The summed E-state index contributed by atoms with van der Waals surface area (Å²) in [6.45, 7) is 0. The van der Waals surface area contributed by atoms with Gasteiger partial charge in [0.1, 0.15) is 18.2 Å². The van der Waals surface area contributed by atoms with Gasteiger partial charge in [-0.3, -0.25) is 4.79 Å². The average molecular weight is 364 g/mol. The molecule has 1 aliphatic rings. The molecule has 1 atom stereocenters. The third-order valence-corrected chi connectivity index (χ3v) is 5.48. The van der Waals surface area contributed by atoms with E-state index in [4.69, 9.17) is 0 Å². The Kier molecular flexibility index (Phi) is 5.05. The largest absolute Gasteiger partial charge is 0.494 e. The summed E-state index contributed by atoms with van der Waals surface area (Å²) >= 11 is 0. The van der Waals surface area contributed by atoms with Crippen LogP contribution in [0.2, 0.25) is 0 Å². The van der Waals surface area contributed by atoms with E-state index in [-0.39, 0.29) is 11.8 Å². The topological polar surface area (TPSA) is 80.0 Å². The summed E-state index contributed by atoms with van der Waals surface area (Å²) in [7, 11) is 0. The van der Waals surface area contributed by atoms with Crippen LogP contribution in [0.15, 0.2) is 49.1 Å². The first-order chi connectivity index (χ1) is 13.2. The highest BCUT2D eigenvalue weighted by Crippen LogP contribution is 2.36. The van der Waals surface area contributed by atoms with E-state index in [0.717, 1.165) is 23.6 Å². The molecule has 27 heavy (non-hydrogen) atoms. The van der Waals surface area contributed by atoms with Crippen molar-refractivity contribution in [1.82, 2.24) is 14.5 Å². The van der Waals surface area contributed by atoms with Gasteiger partial charge in [0.15, 0.2) is 5.88 Å². The maximum atomic E-state index is 13.1. The van der Waals surface area contributed by atoms with Gasteiger partial charge >= 0.3 is 0 Å². The highest BCUT2D eigenvalue weighted by Gasteiger charge is 2.28. The van der Waals surface area contributed by atoms with Crippen molar-refractivity contribution in [3.63, 3.8) is 0 Å². The molecule has 1 aromatic carbocycles. The normalized spacial score (nSPS) is 16.3. The lowest BCUT2D eigenvalue weighted by Crippen LogP contribution is -2.28. The van der Waals surface area contributed by atoms with Crippen LogP contribution in [0.5, 0.6) is 5.88 Å². The zero-order valence-corrected chi connectivity index (χ0v) is 15.2. The maximum Gasteiger partial charge on any atom is 0.248 e. The maximum absolute atomic E-state index is 13.1. The number of amides is 1. The van der Waals surface area contributed by atoms with E-state index in [1.165, 1.54) is 25.6 Å². The van der Waals surface area contributed by atoms with E-state index in [2.05, 4.69) is 15.3 Å². The minimum atomic E-state index is -0.476. The molecular formula is C21H24N4O2. The highest BCUT2D eigenvalue weighted by molar-refractivity contribution is 5.95. The Morgan fingerprint density at radius 1 is 1.22 bits per heavy atom. The Hall–Kier alpha value is -2.89. The van der Waals surface area contributed by atoms with Crippen molar-refractivity contribution in [2.75, 3.05) is 5.32 Å². The number of rotatable bonds is 5. The van der Waals surface area contributed by atoms with Gasteiger partial charge in [-0.15, -0.1) is 0 Å². The lowest BCUT2D eigenvalue weighted by atomic mass is 9.84. The number of hydrogen-bond acceptors (Lipinski definition) is 4. The minimum Gasteiger partial charge on any atom is -0.494 e. The molecule has 0 unspecified atom stereocenters. The van der Waals surface area contributed by atoms with E-state index in [0.29, 0.717) is 18.2 Å². The number of carbonyl (C=O) groups is 1. The summed E-state index contributed by atoms with van der Waals surface area (Å²) in [4.78, 5) is 21.1. The number of aromatic hydroxyl groups is 1. The van der Waals surface area contributed by atoms with Crippen LogP contribution in [0.25, 0.3) is 10.8 Å². The second-order valence-electron chi connectivity index (χ2n) is 7.29. The molecule has 2 heterocycles. The number of anilines is 1. The van der Waals surface area contributed by atoms with Crippen LogP contribution in [-0.2, 0) is 4.79 Å². The van der Waals surface area contributed by atoms with Crippen molar-refractivity contribution >= 4 is 22.5 Å². The Morgan fingerprint density at radius 2 is 2.04 bits per heavy atom. The molecule has 140 valence electrons. The van der Waals surface area contributed by atoms with Gasteiger partial charge in [-0.2, -0.15) is 0 Å². The van der Waals surface area contributed by atoms with E-state index in [1.54, 1.807) is 16.8 Å². The first-order valence-electron chi connectivity index (χ1n) is 9.58. The van der Waals surface area contributed by atoms with Crippen molar-refractivity contribution in [3.8, 4) is 5.88 Å². The van der Waals surface area contributed by atoms with Gasteiger partial charge in [-0.05, 0) is 24.5 Å². The Balaban J connectivity index is 1.65. The molecule has 0 bridgehead atoms. The number of carbonyl (C=O) groups excluding carboxylic acids is 1. The van der Waals surface area contributed by atoms with Gasteiger partial charge in [0.05, 0.1) is 0 Å². The van der Waals surface area contributed by atoms with Crippen molar-refractivity contribution in [2.45, 2.75) is 44.6 Å². The number of fused-ring (bicyclic) bond motifs is 1. The molecule has 1 amide bonds. The van der Waals surface area contributed by atoms with Gasteiger partial charge < -0.3 is 15.0 Å². The first-order valence-corrected chi connectivity index (χ1v) is 9.58. The van der Waals surface area contributed by atoms with Crippen molar-refractivity contribution in [1.29, 1.82) is 0 Å². The van der Waals surface area contributed by atoms with E-state index < -0.39 is 6.04 Å². The SMILES string of the molecule is O=C(Nc1ccncn1)[C@H](CC1CCCCC1)n1cc2ccccc2c1O. The lowest BCUT2D eigenvalue weighted by molar-refractivity contribution is -0.120. The summed E-state index contributed by atoms with van der Waals surface area (Å²) < 4.78 is 1.72. The molecule has 2 N–H and O–H groups in total. The second-order valence-corrected chi connectivity index (χ2v) is 7.29. The van der Waals surface area contributed by atoms with E-state index in [9.17, 15) is 9.90 Å². The first kappa shape index (κ1) is 17.5. The molecule has 0 spiro atoms. The van der Waals surface area contributed by atoms with Crippen LogP contribution in [0, 0.1) is 5.92 Å². The molecule has 1 saturated carbocycles. The quantitative estimate of drug-likeness (QED) is 0.708. The van der Waals surface area contributed by atoms with Crippen LogP contribution < -0.4 is 5.32 Å². The fraction of sp³-hybridized carbons (Fsp3) is 0.381. The predicted molar refractivity (Wildman–Crippen MR) is 104 cm³/mol. The van der Waals surface area contributed by atoms with Crippen LogP contribution in [0.1, 0.15) is 44.6 Å². The van der Waals surface area contributed by atoms with Crippen LogP contribution >= 0.6 is 0 Å². The van der Waals surface area contributed by atoms with E-state index >= 15 is 0 Å². The van der Waals surface area contributed by atoms with Gasteiger partial charge in [-0.1, -0.05) is 50.3 Å². The molecule has 2 aromatic heterocycles. The monoisotopic (exact) mass is 364 g/mol. The molecule has 6 heteroatoms. The molecule has 1 fully saturated rings. The van der Waals surface area contributed by atoms with Crippen LogP contribution in [0.4, 0.5) is 5.82 Å². The van der Waals surface area contributed by atoms with Crippen molar-refractivity contribution < 1.29 is 9.90 Å². The molecule has 0 radical (unpaired) electrons. The Bertz CT molecular complexity index is 916. The fourth-order valence-electron chi connectivity index (χ4n) is 4.06. The molecule has 0 saturated heterocycles. The average Bonchev–Trinajstić information content (AvgIpc) is 3.04. The molecule has 0 aliphatic heterocycles. The fourth-order valence-corrected chi connectivity index (χ4v) is 4.06. The smallest absolute Gasteiger partial charge is 0.248 e. The van der Waals surface area contributed by atoms with Crippen molar-refractivity contribution in [3.05, 3.63) is 49.1 Å². The third-order valence-electron chi connectivity index (χ3n) is 5.48. The zero-order valence-electron chi connectivity index (χ0n) is 15.2. The van der Waals surface area contributed by atoms with E-state index in [1.807, 2.05) is 30.5 Å². The van der Waals surface area contributed by atoms with Gasteiger partial charge in [-0.25, -0.2) is 9.97 Å². The summed E-state index contributed by atoms with van der Waals surface area (Å²) in [5.74, 6) is 0.948. The highest BCUT2D eigenvalue weighted by atomic mass is 16.3. The molecule has 4 rings (SSSR count).